The van der Waals surface area contributed by atoms with E-state index in [0.29, 0.717) is 0 Å². The molecule has 0 bridgehead atoms. The molecule has 1 aliphatic carbocycles. The number of ketones is 2. The van der Waals surface area contributed by atoms with Gasteiger partial charge in [0.15, 0.2) is 17.5 Å². The van der Waals surface area contributed by atoms with Crippen molar-refractivity contribution in [3.05, 3.63) is 36.1 Å². The normalized spacial score (nSPS) is 37.7. The van der Waals surface area contributed by atoms with Gasteiger partial charge in [-0.05, 0) is 74.7 Å². The molecule has 234 valence electrons. The third-order valence-corrected chi connectivity index (χ3v) is 10.2. The largest absolute Gasteiger partial charge is 0.422 e. The minimum atomic E-state index is -1.42. The van der Waals surface area contributed by atoms with Gasteiger partial charge in [0.2, 0.25) is 5.78 Å². The Bertz CT molecular complexity index is 1060. The van der Waals surface area contributed by atoms with E-state index >= 15 is 0 Å². The number of Topliss-reactive ketones (excluding diaryl/α,β-unsaturated/α-hetero) is 2. The molecular weight excluding hydrogens is 536 g/mol. The van der Waals surface area contributed by atoms with E-state index in [1.807, 2.05) is 13.8 Å². The van der Waals surface area contributed by atoms with E-state index in [-0.39, 0.29) is 66.6 Å². The zero-order valence-electron chi connectivity index (χ0n) is 26.0. The van der Waals surface area contributed by atoms with Crippen LogP contribution >= 0.6 is 0 Å². The van der Waals surface area contributed by atoms with Crippen molar-refractivity contribution in [2.75, 3.05) is 13.7 Å². The molecule has 4 rings (SSSR count). The first kappa shape index (κ1) is 32.8. The number of aliphatic hydroxyl groups excluding tert-OH is 1. The van der Waals surface area contributed by atoms with E-state index in [4.69, 9.17) is 18.9 Å². The highest BCUT2D eigenvalue weighted by atomic mass is 16.6. The first-order valence-corrected chi connectivity index (χ1v) is 15.9. The number of carbonyl (C=O) groups excluding carboxylic acids is 3. The highest BCUT2D eigenvalue weighted by molar-refractivity contribution is 6.26. The smallest absolute Gasteiger partial charge is 0.330 e. The quantitative estimate of drug-likeness (QED) is 0.154. The van der Waals surface area contributed by atoms with Crippen LogP contribution in [0.4, 0.5) is 0 Å². The van der Waals surface area contributed by atoms with Crippen LogP contribution in [0.1, 0.15) is 79.1 Å². The SMILES string of the molecule is C=C1OC(=O)[C@@H](C(=O)[C@H](C)[C@H]2[C@H](/C=C(\CO)[C@H]3O[C@@H](/C=C/C[C@@H]4CC[C@@H]([C@@H](C)OC)O4)CC[C@@H]3C)CCC[C@@H]2C)C1=O. The molecule has 0 aromatic rings. The third kappa shape index (κ3) is 7.32. The van der Waals surface area contributed by atoms with Crippen molar-refractivity contribution in [3.63, 3.8) is 0 Å². The number of ether oxygens (including phenoxy) is 4. The molecule has 3 saturated heterocycles. The van der Waals surface area contributed by atoms with Gasteiger partial charge in [0.05, 0.1) is 37.1 Å². The van der Waals surface area contributed by atoms with Crippen LogP contribution in [-0.4, -0.2) is 66.9 Å². The maximum Gasteiger partial charge on any atom is 0.330 e. The van der Waals surface area contributed by atoms with E-state index in [1.54, 1.807) is 7.11 Å². The van der Waals surface area contributed by atoms with Crippen LogP contribution in [0.5, 0.6) is 0 Å². The number of methoxy groups -OCH3 is 1. The van der Waals surface area contributed by atoms with Crippen LogP contribution in [0.15, 0.2) is 36.1 Å². The Morgan fingerprint density at radius 1 is 1.07 bits per heavy atom. The first-order chi connectivity index (χ1) is 20.0. The molecule has 4 aliphatic rings. The van der Waals surface area contributed by atoms with Crippen molar-refractivity contribution < 1.29 is 38.4 Å². The predicted octanol–water partition coefficient (Wildman–Crippen LogP) is 5.13. The molecular formula is C34H50O8. The molecule has 3 heterocycles. The van der Waals surface area contributed by atoms with Crippen molar-refractivity contribution in [2.45, 2.75) is 110 Å². The highest BCUT2D eigenvalue weighted by Gasteiger charge is 2.48. The molecule has 8 heteroatoms. The van der Waals surface area contributed by atoms with Crippen LogP contribution in [0.3, 0.4) is 0 Å². The Morgan fingerprint density at radius 2 is 1.83 bits per heavy atom. The molecule has 0 spiro atoms. The van der Waals surface area contributed by atoms with E-state index in [0.717, 1.165) is 56.9 Å². The molecule has 4 fully saturated rings. The molecule has 42 heavy (non-hydrogen) atoms. The molecule has 8 nitrogen and oxygen atoms in total. The van der Waals surface area contributed by atoms with Gasteiger partial charge in [-0.25, -0.2) is 0 Å². The molecule has 0 aromatic carbocycles. The second-order valence-electron chi connectivity index (χ2n) is 13.0. The van der Waals surface area contributed by atoms with Gasteiger partial charge in [0, 0.05) is 13.0 Å². The number of rotatable bonds is 11. The van der Waals surface area contributed by atoms with Gasteiger partial charge in [0.25, 0.3) is 0 Å². The second-order valence-corrected chi connectivity index (χ2v) is 13.0. The molecule has 3 aliphatic heterocycles. The monoisotopic (exact) mass is 586 g/mol. The molecule has 0 amide bonds. The lowest BCUT2D eigenvalue weighted by molar-refractivity contribution is -0.146. The van der Waals surface area contributed by atoms with Gasteiger partial charge in [0.1, 0.15) is 0 Å². The number of esters is 1. The summed E-state index contributed by atoms with van der Waals surface area (Å²) in [5.41, 5.74) is 0.851. The summed E-state index contributed by atoms with van der Waals surface area (Å²) >= 11 is 0. The number of aliphatic hydroxyl groups is 1. The second kappa shape index (κ2) is 14.6. The Balaban J connectivity index is 1.43. The van der Waals surface area contributed by atoms with Crippen LogP contribution in [0, 0.1) is 35.5 Å². The van der Waals surface area contributed by atoms with Gasteiger partial charge in [-0.15, -0.1) is 0 Å². The zero-order valence-corrected chi connectivity index (χ0v) is 26.0. The fraction of sp³-hybridized carbons (Fsp3) is 0.735. The van der Waals surface area contributed by atoms with Crippen molar-refractivity contribution in [1.29, 1.82) is 0 Å². The van der Waals surface area contributed by atoms with Crippen molar-refractivity contribution in [3.8, 4) is 0 Å². The minimum absolute atomic E-state index is 0.0271. The number of hydrogen-bond acceptors (Lipinski definition) is 8. The predicted molar refractivity (Wildman–Crippen MR) is 158 cm³/mol. The number of cyclic esters (lactones) is 1. The lowest BCUT2D eigenvalue weighted by atomic mass is 9.64. The molecule has 0 radical (unpaired) electrons. The van der Waals surface area contributed by atoms with Gasteiger partial charge in [-0.1, -0.05) is 58.4 Å². The molecule has 1 N–H and O–H groups in total. The molecule has 0 aromatic heterocycles. The number of hydrogen-bond donors (Lipinski definition) is 1. The van der Waals surface area contributed by atoms with Gasteiger partial charge < -0.3 is 24.1 Å². The number of carbonyl (C=O) groups is 3. The average molecular weight is 587 g/mol. The average Bonchev–Trinajstić information content (AvgIpc) is 3.54. The fourth-order valence-corrected chi connectivity index (χ4v) is 7.60. The van der Waals surface area contributed by atoms with Gasteiger partial charge in [-0.2, -0.15) is 0 Å². The maximum atomic E-state index is 13.4. The lowest BCUT2D eigenvalue weighted by Crippen LogP contribution is -2.40. The summed E-state index contributed by atoms with van der Waals surface area (Å²) in [5, 5.41) is 10.5. The van der Waals surface area contributed by atoms with Crippen LogP contribution in [-0.2, 0) is 33.3 Å². The van der Waals surface area contributed by atoms with Crippen molar-refractivity contribution >= 4 is 17.5 Å². The van der Waals surface area contributed by atoms with E-state index < -0.39 is 29.4 Å². The topological polar surface area (TPSA) is 108 Å². The van der Waals surface area contributed by atoms with Crippen LogP contribution in [0.2, 0.25) is 0 Å². The van der Waals surface area contributed by atoms with Gasteiger partial charge in [-0.3, -0.25) is 14.4 Å². The van der Waals surface area contributed by atoms with Crippen LogP contribution < -0.4 is 0 Å². The Morgan fingerprint density at radius 3 is 2.50 bits per heavy atom. The van der Waals surface area contributed by atoms with Crippen molar-refractivity contribution in [1.82, 2.24) is 0 Å². The van der Waals surface area contributed by atoms with Crippen LogP contribution in [0.25, 0.3) is 0 Å². The van der Waals surface area contributed by atoms with Crippen molar-refractivity contribution in [2.24, 2.45) is 35.5 Å². The van der Waals surface area contributed by atoms with E-state index in [9.17, 15) is 19.5 Å². The first-order valence-electron chi connectivity index (χ1n) is 15.9. The molecule has 11 atom stereocenters. The summed E-state index contributed by atoms with van der Waals surface area (Å²) in [5.74, 6) is -3.59. The summed E-state index contributed by atoms with van der Waals surface area (Å²) in [6.45, 7) is 11.5. The summed E-state index contributed by atoms with van der Waals surface area (Å²) in [6, 6.07) is 0. The highest BCUT2D eigenvalue weighted by Crippen LogP contribution is 2.43. The summed E-state index contributed by atoms with van der Waals surface area (Å²) < 4.78 is 23.0. The Hall–Kier alpha value is -2.13. The van der Waals surface area contributed by atoms with Gasteiger partial charge >= 0.3 is 5.97 Å². The minimum Gasteiger partial charge on any atom is -0.422 e. The molecule has 1 saturated carbocycles. The fourth-order valence-electron chi connectivity index (χ4n) is 7.60. The lowest BCUT2D eigenvalue weighted by Gasteiger charge is -2.40. The van der Waals surface area contributed by atoms with E-state index in [1.165, 1.54) is 0 Å². The molecule has 0 unspecified atom stereocenters. The Kier molecular flexibility index (Phi) is 11.4. The summed E-state index contributed by atoms with van der Waals surface area (Å²) in [6.07, 6.45) is 14.3. The number of allylic oxidation sites excluding steroid dienone is 2. The standard InChI is InChI=1S/C34H50O8/c1-19-9-7-10-24(29(19)21(3)31(36)30-32(37)23(5)40-34(30)38)17-25(18-35)33-20(2)13-14-27(42-33)12-8-11-26-15-16-28(41-26)22(4)39-6/h8,12,17,19-22,24,26-30,33,35H,5,7,9-11,13-16,18H2,1-4,6H3/b12-8+,25-17+/t19-,20-,21+,22+,24-,26+,27-,28-,29-,30-,33-/m0/s1. The maximum absolute atomic E-state index is 13.4. The third-order valence-electron chi connectivity index (χ3n) is 10.2. The Labute approximate surface area is 250 Å². The van der Waals surface area contributed by atoms with E-state index in [2.05, 4.69) is 38.7 Å². The summed E-state index contributed by atoms with van der Waals surface area (Å²) in [7, 11) is 1.72. The zero-order chi connectivity index (χ0) is 30.6. The summed E-state index contributed by atoms with van der Waals surface area (Å²) in [4.78, 5) is 38.2.